The molecule has 1 aromatic carbocycles. The third-order valence-corrected chi connectivity index (χ3v) is 6.27. The number of hydrogen-bond donors (Lipinski definition) is 1. The maximum absolute atomic E-state index is 14.8. The number of anilines is 1. The lowest BCUT2D eigenvalue weighted by molar-refractivity contribution is 0.198. The highest BCUT2D eigenvalue weighted by molar-refractivity contribution is 5.94. The van der Waals surface area contributed by atoms with E-state index in [9.17, 15) is 4.39 Å². The van der Waals surface area contributed by atoms with Gasteiger partial charge in [0.2, 0.25) is 0 Å². The third kappa shape index (κ3) is 5.71. The van der Waals surface area contributed by atoms with Crippen molar-refractivity contribution in [2.24, 2.45) is 18.7 Å². The Morgan fingerprint density at radius 1 is 1.21 bits per heavy atom. The minimum Gasteiger partial charge on any atom is -0.381 e. The summed E-state index contributed by atoms with van der Waals surface area (Å²) < 4.78 is 21.5. The van der Waals surface area contributed by atoms with E-state index < -0.39 is 0 Å². The Morgan fingerprint density at radius 2 is 1.94 bits per heavy atom. The molecular weight excluding hydrogens is 417 g/mol. The van der Waals surface area contributed by atoms with Crippen LogP contribution in [0.3, 0.4) is 0 Å². The molecule has 1 unspecified atom stereocenters. The van der Waals surface area contributed by atoms with Crippen LogP contribution in [0.2, 0.25) is 0 Å². The Hall–Kier alpha value is -2.51. The molecule has 2 saturated heterocycles. The van der Waals surface area contributed by atoms with Crippen LogP contribution in [-0.4, -0.2) is 48.1 Å². The van der Waals surface area contributed by atoms with Crippen molar-refractivity contribution in [2.75, 3.05) is 38.3 Å². The summed E-state index contributed by atoms with van der Waals surface area (Å²) in [7, 11) is 3.42. The van der Waals surface area contributed by atoms with Gasteiger partial charge in [-0.05, 0) is 74.9 Å². The number of benzene rings is 1. The van der Waals surface area contributed by atoms with Crippen molar-refractivity contribution in [3.8, 4) is 11.3 Å². The Kier molecular flexibility index (Phi) is 8.80. The molecule has 2 aliphatic rings. The van der Waals surface area contributed by atoms with Crippen LogP contribution in [0.25, 0.3) is 22.2 Å². The first-order chi connectivity index (χ1) is 16.0. The first-order valence-corrected chi connectivity index (χ1v) is 12.0. The van der Waals surface area contributed by atoms with E-state index in [1.54, 1.807) is 10.7 Å². The second kappa shape index (κ2) is 11.6. The highest BCUT2D eigenvalue weighted by atomic mass is 19.1. The summed E-state index contributed by atoms with van der Waals surface area (Å²) in [6, 6.07) is 5.70. The molecular formula is C26H38FN5O. The topological polar surface area (TPSA) is 69.2 Å². The molecule has 7 heteroatoms. The number of pyridine rings is 1. The smallest absolute Gasteiger partial charge is 0.149 e. The van der Waals surface area contributed by atoms with E-state index in [-0.39, 0.29) is 5.82 Å². The van der Waals surface area contributed by atoms with Crippen LogP contribution < -0.4 is 10.6 Å². The predicted octanol–water partition coefficient (Wildman–Crippen LogP) is 4.86. The van der Waals surface area contributed by atoms with Crippen LogP contribution in [0.1, 0.15) is 44.2 Å². The standard InChI is InChI=1S/C21H25FN4.C4H8O.CH5N/c1-5-15-10-16-14(3)19(18-7-8-25(4)24-18)21(23-20(16)17(22)11-15)26-9-6-13(2)12-26;1-2-4-5-3-1;1-2/h7-8,10-11,13H,5-6,9,12H2,1-4H3;1-4H2;2H2,1H3. The zero-order chi connectivity index (χ0) is 24.0. The van der Waals surface area contributed by atoms with Gasteiger partial charge in [-0.3, -0.25) is 4.68 Å². The summed E-state index contributed by atoms with van der Waals surface area (Å²) in [5.41, 5.74) is 8.94. The largest absolute Gasteiger partial charge is 0.381 e. The normalized spacial score (nSPS) is 17.5. The first-order valence-electron chi connectivity index (χ1n) is 12.0. The molecule has 0 radical (unpaired) electrons. The number of nitrogens with two attached hydrogens (primary N) is 1. The van der Waals surface area contributed by atoms with Gasteiger partial charge in [0, 0.05) is 50.5 Å². The summed E-state index contributed by atoms with van der Waals surface area (Å²) in [4.78, 5) is 7.10. The lowest BCUT2D eigenvalue weighted by atomic mass is 9.98. The minimum atomic E-state index is -0.233. The van der Waals surface area contributed by atoms with Crippen LogP contribution in [0.15, 0.2) is 24.4 Å². The van der Waals surface area contributed by atoms with E-state index in [4.69, 9.17) is 9.72 Å². The monoisotopic (exact) mass is 455 g/mol. The van der Waals surface area contributed by atoms with Crippen LogP contribution in [0.4, 0.5) is 10.2 Å². The average molecular weight is 456 g/mol. The van der Waals surface area contributed by atoms with Crippen molar-refractivity contribution in [1.29, 1.82) is 0 Å². The van der Waals surface area contributed by atoms with Gasteiger partial charge in [0.15, 0.2) is 0 Å². The summed E-state index contributed by atoms with van der Waals surface area (Å²) in [5.74, 6) is 1.25. The fraction of sp³-hybridized carbons (Fsp3) is 0.538. The zero-order valence-electron chi connectivity index (χ0n) is 20.7. The molecule has 0 spiro atoms. The molecule has 2 fully saturated rings. The number of hydrogen-bond acceptors (Lipinski definition) is 5. The second-order valence-electron chi connectivity index (χ2n) is 8.80. The Labute approximate surface area is 196 Å². The minimum absolute atomic E-state index is 0.233. The number of nitrogens with zero attached hydrogens (tertiary/aromatic N) is 4. The zero-order valence-corrected chi connectivity index (χ0v) is 20.7. The summed E-state index contributed by atoms with van der Waals surface area (Å²) in [6.07, 6.45) is 6.44. The van der Waals surface area contributed by atoms with Gasteiger partial charge in [0.1, 0.15) is 17.2 Å². The molecule has 1 atom stereocenters. The lowest BCUT2D eigenvalue weighted by Gasteiger charge is -2.23. The Balaban J connectivity index is 0.000000381. The fourth-order valence-electron chi connectivity index (χ4n) is 4.44. The van der Waals surface area contributed by atoms with Gasteiger partial charge >= 0.3 is 0 Å². The van der Waals surface area contributed by atoms with E-state index in [2.05, 4.69) is 35.6 Å². The quantitative estimate of drug-likeness (QED) is 0.611. The molecule has 180 valence electrons. The lowest BCUT2D eigenvalue weighted by Crippen LogP contribution is -2.22. The van der Waals surface area contributed by atoms with E-state index >= 15 is 0 Å². The van der Waals surface area contributed by atoms with E-state index in [0.717, 1.165) is 72.7 Å². The molecule has 5 rings (SSSR count). The van der Waals surface area contributed by atoms with Crippen LogP contribution in [0, 0.1) is 18.7 Å². The SMILES string of the molecule is C1CCOC1.CCc1cc(F)c2nc(N3CCC(C)C3)c(-c3ccn(C)n3)c(C)c2c1.CN. The van der Waals surface area contributed by atoms with Crippen molar-refractivity contribution in [3.05, 3.63) is 41.3 Å². The summed E-state index contributed by atoms with van der Waals surface area (Å²) in [5, 5.41) is 5.51. The summed E-state index contributed by atoms with van der Waals surface area (Å²) >= 11 is 0. The van der Waals surface area contributed by atoms with Gasteiger partial charge in [-0.15, -0.1) is 0 Å². The highest BCUT2D eigenvalue weighted by Gasteiger charge is 2.26. The second-order valence-corrected chi connectivity index (χ2v) is 8.80. The van der Waals surface area contributed by atoms with Crippen molar-refractivity contribution in [2.45, 2.75) is 46.5 Å². The van der Waals surface area contributed by atoms with Crippen molar-refractivity contribution >= 4 is 16.7 Å². The maximum atomic E-state index is 14.8. The van der Waals surface area contributed by atoms with Gasteiger partial charge < -0.3 is 15.4 Å². The predicted molar refractivity (Wildman–Crippen MR) is 134 cm³/mol. The van der Waals surface area contributed by atoms with E-state index in [0.29, 0.717) is 11.4 Å². The van der Waals surface area contributed by atoms with Gasteiger partial charge in [-0.25, -0.2) is 9.37 Å². The Bertz CT molecular complexity index is 1050. The fourth-order valence-corrected chi connectivity index (χ4v) is 4.44. The van der Waals surface area contributed by atoms with Gasteiger partial charge in [-0.2, -0.15) is 5.10 Å². The molecule has 2 aromatic heterocycles. The van der Waals surface area contributed by atoms with Gasteiger partial charge in [0.25, 0.3) is 0 Å². The van der Waals surface area contributed by atoms with Crippen molar-refractivity contribution in [3.63, 3.8) is 0 Å². The van der Waals surface area contributed by atoms with E-state index in [1.807, 2.05) is 26.2 Å². The molecule has 0 bridgehead atoms. The third-order valence-electron chi connectivity index (χ3n) is 6.27. The summed E-state index contributed by atoms with van der Waals surface area (Å²) in [6.45, 7) is 10.3. The number of aryl methyl sites for hydroxylation is 3. The maximum Gasteiger partial charge on any atom is 0.149 e. The molecule has 33 heavy (non-hydrogen) atoms. The highest BCUT2D eigenvalue weighted by Crippen LogP contribution is 2.38. The van der Waals surface area contributed by atoms with Crippen LogP contribution >= 0.6 is 0 Å². The molecule has 6 nitrogen and oxygen atoms in total. The van der Waals surface area contributed by atoms with Crippen molar-refractivity contribution in [1.82, 2.24) is 14.8 Å². The average Bonchev–Trinajstić information content (AvgIpc) is 3.60. The molecule has 2 N–H and O–H groups in total. The molecule has 0 saturated carbocycles. The number of halogens is 1. The molecule has 2 aliphatic heterocycles. The molecule has 4 heterocycles. The first kappa shape index (κ1) is 25.1. The molecule has 0 aliphatic carbocycles. The van der Waals surface area contributed by atoms with Crippen LogP contribution in [0.5, 0.6) is 0 Å². The Morgan fingerprint density at radius 3 is 2.45 bits per heavy atom. The number of fused-ring (bicyclic) bond motifs is 1. The van der Waals surface area contributed by atoms with Gasteiger partial charge in [0.05, 0.1) is 5.69 Å². The molecule has 0 amide bonds. The van der Waals surface area contributed by atoms with Crippen molar-refractivity contribution < 1.29 is 9.13 Å². The molecule has 3 aromatic rings. The number of aromatic nitrogens is 3. The van der Waals surface area contributed by atoms with E-state index in [1.165, 1.54) is 19.9 Å². The van der Waals surface area contributed by atoms with Crippen LogP contribution in [-0.2, 0) is 18.2 Å². The number of rotatable bonds is 3. The van der Waals surface area contributed by atoms with Gasteiger partial charge in [-0.1, -0.05) is 13.8 Å². The number of ether oxygens (including phenoxy) is 1.